The van der Waals surface area contributed by atoms with Crippen LogP contribution in [0.5, 0.6) is 23.0 Å². The van der Waals surface area contributed by atoms with Gasteiger partial charge < -0.3 is 18.9 Å². The van der Waals surface area contributed by atoms with Gasteiger partial charge in [-0.25, -0.2) is 5.43 Å². The highest BCUT2D eigenvalue weighted by molar-refractivity contribution is 14.1. The first kappa shape index (κ1) is 27.6. The van der Waals surface area contributed by atoms with Gasteiger partial charge in [0.05, 0.1) is 29.6 Å². The molecule has 9 heteroatoms. The molecule has 0 aliphatic carbocycles. The molecule has 36 heavy (non-hydrogen) atoms. The highest BCUT2D eigenvalue weighted by Gasteiger charge is 2.14. The molecule has 0 fully saturated rings. The average molecular weight is 623 g/mol. The summed E-state index contributed by atoms with van der Waals surface area (Å²) in [6.07, 6.45) is 1.55. The quantitative estimate of drug-likeness (QED) is 0.142. The topological polar surface area (TPSA) is 78.4 Å². The number of carbonyl (C=O) groups excluding carboxylic acids is 1. The first-order chi connectivity index (χ1) is 17.5. The van der Waals surface area contributed by atoms with Crippen molar-refractivity contribution in [1.29, 1.82) is 0 Å². The zero-order valence-electron chi connectivity index (χ0n) is 20.3. The third-order valence-corrected chi connectivity index (χ3v) is 6.02. The highest BCUT2D eigenvalue weighted by atomic mass is 127. The molecule has 0 aliphatic rings. The lowest BCUT2D eigenvalue weighted by atomic mass is 10.2. The maximum absolute atomic E-state index is 12.6. The van der Waals surface area contributed by atoms with Gasteiger partial charge in [-0.15, -0.1) is 0 Å². The number of hydrogen-bond acceptors (Lipinski definition) is 6. The van der Waals surface area contributed by atoms with Crippen LogP contribution in [-0.2, 0) is 6.61 Å². The van der Waals surface area contributed by atoms with Crippen LogP contribution < -0.4 is 24.4 Å². The van der Waals surface area contributed by atoms with E-state index in [1.807, 2.05) is 57.2 Å². The molecule has 0 saturated heterocycles. The van der Waals surface area contributed by atoms with E-state index in [4.69, 9.17) is 30.5 Å². The van der Waals surface area contributed by atoms with Crippen LogP contribution >= 0.6 is 34.2 Å². The third-order valence-electron chi connectivity index (χ3n) is 4.85. The molecule has 0 atom stereocenters. The van der Waals surface area contributed by atoms with Crippen molar-refractivity contribution >= 4 is 46.3 Å². The maximum atomic E-state index is 12.6. The van der Waals surface area contributed by atoms with E-state index in [0.717, 1.165) is 14.7 Å². The number of halogens is 2. The summed E-state index contributed by atoms with van der Waals surface area (Å²) in [5.74, 6) is 1.94. The van der Waals surface area contributed by atoms with Gasteiger partial charge in [0.2, 0.25) is 0 Å². The Kier molecular flexibility index (Phi) is 10.7. The fourth-order valence-corrected chi connectivity index (χ4v) is 4.22. The van der Waals surface area contributed by atoms with Gasteiger partial charge in [0, 0.05) is 16.1 Å². The Morgan fingerprint density at radius 2 is 1.61 bits per heavy atom. The van der Waals surface area contributed by atoms with Crippen molar-refractivity contribution in [2.24, 2.45) is 5.10 Å². The van der Waals surface area contributed by atoms with Gasteiger partial charge in [0.1, 0.15) is 6.61 Å². The zero-order valence-corrected chi connectivity index (χ0v) is 23.3. The van der Waals surface area contributed by atoms with Gasteiger partial charge in [-0.1, -0.05) is 29.8 Å². The first-order valence-corrected chi connectivity index (χ1v) is 13.0. The predicted molar refractivity (Wildman–Crippen MR) is 150 cm³/mol. The summed E-state index contributed by atoms with van der Waals surface area (Å²) in [6, 6.07) is 16.3. The molecular weight excluding hydrogens is 595 g/mol. The van der Waals surface area contributed by atoms with E-state index < -0.39 is 0 Å². The molecule has 0 saturated carbocycles. The molecule has 1 N–H and O–H groups in total. The normalized spacial score (nSPS) is 10.8. The number of benzene rings is 3. The summed E-state index contributed by atoms with van der Waals surface area (Å²) in [7, 11) is 0. The SMILES string of the molecule is CCOc1ccc(C(=O)N/N=C/c2cc(I)c(OCc3ccccc3Cl)c(OCC)c2)cc1OCC. The highest BCUT2D eigenvalue weighted by Crippen LogP contribution is 2.35. The number of rotatable bonds is 12. The maximum Gasteiger partial charge on any atom is 0.271 e. The van der Waals surface area contributed by atoms with Crippen molar-refractivity contribution < 1.29 is 23.7 Å². The fourth-order valence-electron chi connectivity index (χ4n) is 3.25. The minimum absolute atomic E-state index is 0.311. The zero-order chi connectivity index (χ0) is 25.9. The van der Waals surface area contributed by atoms with E-state index in [9.17, 15) is 4.79 Å². The first-order valence-electron chi connectivity index (χ1n) is 11.5. The standard InChI is InChI=1S/C27H28ClIN2O5/c1-4-33-23-12-11-19(15-24(23)34-5-2)27(32)31-30-16-18-13-22(29)26(25(14-18)35-6-3)36-17-20-9-7-8-10-21(20)28/h7-16H,4-6,17H2,1-3H3,(H,31,32)/b30-16+. The van der Waals surface area contributed by atoms with Gasteiger partial charge in [-0.3, -0.25) is 4.79 Å². The molecule has 3 aromatic carbocycles. The van der Waals surface area contributed by atoms with Gasteiger partial charge in [-0.05, 0) is 85.3 Å². The van der Waals surface area contributed by atoms with E-state index in [2.05, 4.69) is 33.1 Å². The van der Waals surface area contributed by atoms with Crippen molar-refractivity contribution in [1.82, 2.24) is 5.43 Å². The van der Waals surface area contributed by atoms with Crippen LogP contribution in [0.15, 0.2) is 59.7 Å². The minimum Gasteiger partial charge on any atom is -0.490 e. The summed E-state index contributed by atoms with van der Waals surface area (Å²) < 4.78 is 23.8. The van der Waals surface area contributed by atoms with E-state index in [-0.39, 0.29) is 5.91 Å². The molecule has 190 valence electrons. The number of hydrogen-bond donors (Lipinski definition) is 1. The van der Waals surface area contributed by atoms with E-state index in [1.165, 1.54) is 0 Å². The van der Waals surface area contributed by atoms with E-state index in [0.29, 0.717) is 60.0 Å². The van der Waals surface area contributed by atoms with Gasteiger partial charge in [-0.2, -0.15) is 5.10 Å². The molecule has 7 nitrogen and oxygen atoms in total. The van der Waals surface area contributed by atoms with Crippen LogP contribution in [0.4, 0.5) is 0 Å². The molecule has 0 bridgehead atoms. The van der Waals surface area contributed by atoms with Crippen LogP contribution in [0.1, 0.15) is 42.3 Å². The second-order valence-corrected chi connectivity index (χ2v) is 8.94. The Hall–Kier alpha value is -2.98. The molecule has 0 unspecified atom stereocenters. The minimum atomic E-state index is -0.366. The number of nitrogens with one attached hydrogen (secondary N) is 1. The van der Waals surface area contributed by atoms with Crippen molar-refractivity contribution in [3.05, 3.63) is 79.9 Å². The molecule has 3 rings (SSSR count). The van der Waals surface area contributed by atoms with E-state index in [1.54, 1.807) is 24.4 Å². The number of ether oxygens (including phenoxy) is 4. The molecular formula is C27H28ClIN2O5. The van der Waals surface area contributed by atoms with Crippen LogP contribution in [0, 0.1) is 3.57 Å². The third kappa shape index (κ3) is 7.51. The summed E-state index contributed by atoms with van der Waals surface area (Å²) in [5, 5.41) is 4.76. The summed E-state index contributed by atoms with van der Waals surface area (Å²) in [5.41, 5.74) is 4.59. The Morgan fingerprint density at radius 3 is 2.33 bits per heavy atom. The van der Waals surface area contributed by atoms with Crippen molar-refractivity contribution in [2.45, 2.75) is 27.4 Å². The molecule has 3 aromatic rings. The molecule has 0 radical (unpaired) electrons. The lowest BCUT2D eigenvalue weighted by Gasteiger charge is -2.15. The van der Waals surface area contributed by atoms with Crippen LogP contribution in [0.25, 0.3) is 0 Å². The van der Waals surface area contributed by atoms with Crippen molar-refractivity contribution in [3.8, 4) is 23.0 Å². The predicted octanol–water partition coefficient (Wildman–Crippen LogP) is 6.48. The molecule has 0 aromatic heterocycles. The Morgan fingerprint density at radius 1 is 0.917 bits per heavy atom. The second kappa shape index (κ2) is 13.9. The Balaban J connectivity index is 1.72. The number of nitrogens with zero attached hydrogens (tertiary/aromatic N) is 1. The van der Waals surface area contributed by atoms with Crippen LogP contribution in [0.3, 0.4) is 0 Å². The fraction of sp³-hybridized carbons (Fsp3) is 0.259. The molecule has 0 aliphatic heterocycles. The molecule has 1 amide bonds. The van der Waals surface area contributed by atoms with Crippen LogP contribution in [0.2, 0.25) is 5.02 Å². The Bertz CT molecular complexity index is 1220. The largest absolute Gasteiger partial charge is 0.490 e. The van der Waals surface area contributed by atoms with Crippen molar-refractivity contribution in [2.75, 3.05) is 19.8 Å². The summed E-state index contributed by atoms with van der Waals surface area (Å²) in [4.78, 5) is 12.6. The average Bonchev–Trinajstić information content (AvgIpc) is 2.86. The van der Waals surface area contributed by atoms with Gasteiger partial charge >= 0.3 is 0 Å². The van der Waals surface area contributed by atoms with Gasteiger partial charge in [0.15, 0.2) is 23.0 Å². The summed E-state index contributed by atoms with van der Waals surface area (Å²) in [6.45, 7) is 7.41. The lowest BCUT2D eigenvalue weighted by molar-refractivity contribution is 0.0954. The van der Waals surface area contributed by atoms with Crippen LogP contribution in [-0.4, -0.2) is 31.9 Å². The second-order valence-electron chi connectivity index (χ2n) is 7.37. The number of carbonyl (C=O) groups is 1. The monoisotopic (exact) mass is 622 g/mol. The number of amides is 1. The summed E-state index contributed by atoms with van der Waals surface area (Å²) >= 11 is 8.44. The van der Waals surface area contributed by atoms with E-state index >= 15 is 0 Å². The number of hydrazone groups is 1. The Labute approximate surface area is 229 Å². The van der Waals surface area contributed by atoms with Crippen molar-refractivity contribution in [3.63, 3.8) is 0 Å². The molecule has 0 spiro atoms. The van der Waals surface area contributed by atoms with Gasteiger partial charge in [0.25, 0.3) is 5.91 Å². The molecule has 0 heterocycles. The smallest absolute Gasteiger partial charge is 0.271 e. The lowest BCUT2D eigenvalue weighted by Crippen LogP contribution is -2.17.